The molecule has 1 unspecified atom stereocenters. The zero-order valence-electron chi connectivity index (χ0n) is 12.2. The molecular formula is C16H18BrNO3. The molecule has 4 nitrogen and oxygen atoms in total. The number of halogens is 1. The summed E-state index contributed by atoms with van der Waals surface area (Å²) in [6, 6.07) is 5.80. The molecule has 1 aromatic heterocycles. The highest BCUT2D eigenvalue weighted by Crippen LogP contribution is 2.31. The lowest BCUT2D eigenvalue weighted by atomic mass is 9.94. The molecule has 112 valence electrons. The van der Waals surface area contributed by atoms with Gasteiger partial charge in [-0.2, -0.15) is 0 Å². The van der Waals surface area contributed by atoms with Crippen LogP contribution in [0.1, 0.15) is 35.9 Å². The minimum Gasteiger partial charge on any atom is -0.449 e. The number of ether oxygens (including phenoxy) is 1. The fourth-order valence-electron chi connectivity index (χ4n) is 2.79. The van der Waals surface area contributed by atoms with Gasteiger partial charge >= 0.3 is 0 Å². The first-order valence-corrected chi connectivity index (χ1v) is 7.87. The Morgan fingerprint density at radius 1 is 1.43 bits per heavy atom. The van der Waals surface area contributed by atoms with Gasteiger partial charge in [0.2, 0.25) is 0 Å². The molecule has 0 aliphatic carbocycles. The number of furan rings is 1. The Hall–Kier alpha value is -1.33. The number of carbonyl (C=O) groups is 1. The van der Waals surface area contributed by atoms with Crippen LogP contribution < -0.4 is 5.32 Å². The van der Waals surface area contributed by atoms with E-state index < -0.39 is 0 Å². The van der Waals surface area contributed by atoms with Crippen molar-refractivity contribution in [3.05, 3.63) is 34.0 Å². The van der Waals surface area contributed by atoms with Gasteiger partial charge in [0.15, 0.2) is 5.76 Å². The monoisotopic (exact) mass is 351 g/mol. The number of amides is 1. The minimum atomic E-state index is -0.321. The van der Waals surface area contributed by atoms with Crippen LogP contribution in [0.4, 0.5) is 0 Å². The highest BCUT2D eigenvalue weighted by molar-refractivity contribution is 9.10. The summed E-state index contributed by atoms with van der Waals surface area (Å²) in [5.41, 5.74) is 1.26. The maximum atomic E-state index is 12.5. The van der Waals surface area contributed by atoms with Crippen molar-refractivity contribution in [1.82, 2.24) is 5.32 Å². The number of rotatable bonds is 2. The lowest BCUT2D eigenvalue weighted by Gasteiger charge is -2.34. The average Bonchev–Trinajstić information content (AvgIpc) is 2.78. The number of carbonyl (C=O) groups excluding carboxylic acids is 1. The first kappa shape index (κ1) is 14.6. The number of hydrogen-bond acceptors (Lipinski definition) is 3. The predicted molar refractivity (Wildman–Crippen MR) is 84.6 cm³/mol. The van der Waals surface area contributed by atoms with E-state index in [-0.39, 0.29) is 11.4 Å². The van der Waals surface area contributed by atoms with Gasteiger partial charge in [-0.25, -0.2) is 0 Å². The molecule has 0 saturated carbocycles. The van der Waals surface area contributed by atoms with Crippen LogP contribution >= 0.6 is 15.9 Å². The second-order valence-corrected chi connectivity index (χ2v) is 6.70. The fourth-order valence-corrected chi connectivity index (χ4v) is 3.24. The van der Waals surface area contributed by atoms with Gasteiger partial charge in [-0.15, -0.1) is 0 Å². The molecule has 1 atom stereocenters. The van der Waals surface area contributed by atoms with Crippen molar-refractivity contribution in [2.24, 2.45) is 0 Å². The van der Waals surface area contributed by atoms with E-state index in [4.69, 9.17) is 9.15 Å². The van der Waals surface area contributed by atoms with Crippen molar-refractivity contribution >= 4 is 32.8 Å². The SMILES string of the molecule is Cc1c(C(=O)NC2(C)CCCOC2)oc2c(Br)cccc12. The minimum absolute atomic E-state index is 0.177. The molecule has 1 fully saturated rings. The van der Waals surface area contributed by atoms with E-state index in [0.717, 1.165) is 34.9 Å². The van der Waals surface area contributed by atoms with Gasteiger partial charge in [0.05, 0.1) is 16.6 Å². The fraction of sp³-hybridized carbons (Fsp3) is 0.438. The second-order valence-electron chi connectivity index (χ2n) is 5.84. The van der Waals surface area contributed by atoms with Crippen LogP contribution in [0, 0.1) is 6.92 Å². The van der Waals surface area contributed by atoms with E-state index in [9.17, 15) is 4.79 Å². The quantitative estimate of drug-likeness (QED) is 0.894. The Morgan fingerprint density at radius 3 is 2.90 bits per heavy atom. The number of fused-ring (bicyclic) bond motifs is 1. The highest BCUT2D eigenvalue weighted by atomic mass is 79.9. The number of hydrogen-bond donors (Lipinski definition) is 1. The summed E-state index contributed by atoms with van der Waals surface area (Å²) in [5.74, 6) is 0.201. The largest absolute Gasteiger partial charge is 0.449 e. The maximum absolute atomic E-state index is 12.5. The normalized spacial score (nSPS) is 22.4. The smallest absolute Gasteiger partial charge is 0.287 e. The van der Waals surface area contributed by atoms with E-state index in [1.54, 1.807) is 0 Å². The average molecular weight is 352 g/mol. The van der Waals surface area contributed by atoms with Crippen LogP contribution in [0.25, 0.3) is 11.0 Å². The van der Waals surface area contributed by atoms with Crippen molar-refractivity contribution in [2.75, 3.05) is 13.2 Å². The van der Waals surface area contributed by atoms with Gasteiger partial charge < -0.3 is 14.5 Å². The Balaban J connectivity index is 1.91. The maximum Gasteiger partial charge on any atom is 0.287 e. The first-order valence-electron chi connectivity index (χ1n) is 7.08. The third-order valence-corrected chi connectivity index (χ3v) is 4.60. The standard InChI is InChI=1S/C16H18BrNO3/c1-10-11-5-3-6-12(17)14(11)21-13(10)15(19)18-16(2)7-4-8-20-9-16/h3,5-6H,4,7-9H2,1-2H3,(H,18,19). The zero-order chi connectivity index (χ0) is 15.0. The number of nitrogens with one attached hydrogen (secondary N) is 1. The lowest BCUT2D eigenvalue weighted by molar-refractivity contribution is 0.0266. The van der Waals surface area contributed by atoms with Gasteiger partial charge in [0.1, 0.15) is 5.58 Å². The summed E-state index contributed by atoms with van der Waals surface area (Å²) >= 11 is 3.46. The number of benzene rings is 1. The van der Waals surface area contributed by atoms with E-state index in [1.165, 1.54) is 0 Å². The Kier molecular flexibility index (Phi) is 3.80. The van der Waals surface area contributed by atoms with Crippen molar-refractivity contribution in [3.63, 3.8) is 0 Å². The zero-order valence-corrected chi connectivity index (χ0v) is 13.7. The van der Waals surface area contributed by atoms with Gasteiger partial charge in [0.25, 0.3) is 5.91 Å². The Morgan fingerprint density at radius 2 is 2.24 bits per heavy atom. The van der Waals surface area contributed by atoms with Crippen LogP contribution in [-0.4, -0.2) is 24.7 Å². The third-order valence-electron chi connectivity index (χ3n) is 3.98. The third kappa shape index (κ3) is 2.72. The summed E-state index contributed by atoms with van der Waals surface area (Å²) in [6.07, 6.45) is 1.88. The van der Waals surface area contributed by atoms with Gasteiger partial charge in [-0.1, -0.05) is 12.1 Å². The summed E-state index contributed by atoms with van der Waals surface area (Å²) in [4.78, 5) is 12.5. The topological polar surface area (TPSA) is 51.5 Å². The molecule has 1 saturated heterocycles. The van der Waals surface area contributed by atoms with Gasteiger partial charge in [-0.3, -0.25) is 4.79 Å². The predicted octanol–water partition coefficient (Wildman–Crippen LogP) is 3.80. The van der Waals surface area contributed by atoms with E-state index in [2.05, 4.69) is 21.2 Å². The number of para-hydroxylation sites is 1. The van der Waals surface area contributed by atoms with Gasteiger partial charge in [-0.05, 0) is 48.7 Å². The molecule has 2 aromatic rings. The Bertz CT molecular complexity index is 686. The molecule has 1 amide bonds. The summed E-state index contributed by atoms with van der Waals surface area (Å²) < 4.78 is 12.1. The molecule has 3 rings (SSSR count). The molecule has 5 heteroatoms. The van der Waals surface area contributed by atoms with Crippen LogP contribution in [0.3, 0.4) is 0 Å². The van der Waals surface area contributed by atoms with Crippen molar-refractivity contribution in [3.8, 4) is 0 Å². The van der Waals surface area contributed by atoms with Crippen molar-refractivity contribution in [1.29, 1.82) is 0 Å². The molecule has 1 aliphatic rings. The second kappa shape index (κ2) is 5.46. The number of aryl methyl sites for hydroxylation is 1. The van der Waals surface area contributed by atoms with E-state index in [0.29, 0.717) is 18.0 Å². The summed E-state index contributed by atoms with van der Waals surface area (Å²) in [5, 5.41) is 4.02. The lowest BCUT2D eigenvalue weighted by Crippen LogP contribution is -2.51. The molecule has 1 aromatic carbocycles. The van der Waals surface area contributed by atoms with Crippen LogP contribution in [0.2, 0.25) is 0 Å². The van der Waals surface area contributed by atoms with Crippen LogP contribution in [-0.2, 0) is 4.74 Å². The van der Waals surface area contributed by atoms with Crippen molar-refractivity contribution in [2.45, 2.75) is 32.2 Å². The molecule has 2 heterocycles. The van der Waals surface area contributed by atoms with Crippen LogP contribution in [0.15, 0.2) is 27.1 Å². The molecule has 1 aliphatic heterocycles. The molecule has 0 radical (unpaired) electrons. The molecule has 0 spiro atoms. The van der Waals surface area contributed by atoms with E-state index >= 15 is 0 Å². The summed E-state index contributed by atoms with van der Waals surface area (Å²) in [7, 11) is 0. The van der Waals surface area contributed by atoms with Crippen LogP contribution in [0.5, 0.6) is 0 Å². The Labute approximate surface area is 132 Å². The summed E-state index contributed by atoms with van der Waals surface area (Å²) in [6.45, 7) is 5.23. The molecule has 1 N–H and O–H groups in total. The van der Waals surface area contributed by atoms with Crippen molar-refractivity contribution < 1.29 is 13.9 Å². The van der Waals surface area contributed by atoms with Gasteiger partial charge in [0, 0.05) is 17.6 Å². The molecule has 0 bridgehead atoms. The first-order chi connectivity index (χ1) is 10.0. The molecular weight excluding hydrogens is 334 g/mol. The van der Waals surface area contributed by atoms with E-state index in [1.807, 2.05) is 32.0 Å². The molecule has 21 heavy (non-hydrogen) atoms. The highest BCUT2D eigenvalue weighted by Gasteiger charge is 2.31.